The lowest BCUT2D eigenvalue weighted by Crippen LogP contribution is -2.36. The number of benzene rings is 2. The number of amides is 2. The fraction of sp³-hybridized carbons (Fsp3) is 0.273. The molecule has 2 N–H and O–H groups in total. The van der Waals surface area contributed by atoms with E-state index in [1.165, 1.54) is 0 Å². The van der Waals surface area contributed by atoms with Gasteiger partial charge < -0.3 is 15.0 Å². The quantitative estimate of drug-likeness (QED) is 0.589. The van der Waals surface area contributed by atoms with Crippen LogP contribution in [0.5, 0.6) is 5.75 Å². The zero-order valence-electron chi connectivity index (χ0n) is 17.1. The number of carbonyl (C=O) groups is 2. The van der Waals surface area contributed by atoms with Crippen molar-refractivity contribution in [3.63, 3.8) is 0 Å². The third-order valence-electron chi connectivity index (χ3n) is 4.93. The summed E-state index contributed by atoms with van der Waals surface area (Å²) in [6.45, 7) is 0.883. The lowest BCUT2D eigenvalue weighted by Gasteiger charge is -2.29. The van der Waals surface area contributed by atoms with Gasteiger partial charge in [-0.05, 0) is 36.4 Å². The van der Waals surface area contributed by atoms with Gasteiger partial charge >= 0.3 is 0 Å². The smallest absolute Gasteiger partial charge is 0.227 e. The summed E-state index contributed by atoms with van der Waals surface area (Å²) in [5.74, 6) is 2.47. The average molecular weight is 438 g/mol. The summed E-state index contributed by atoms with van der Waals surface area (Å²) in [6, 6.07) is 15.3. The maximum Gasteiger partial charge on any atom is 0.227 e. The van der Waals surface area contributed by atoms with Crippen molar-refractivity contribution in [2.24, 2.45) is 0 Å². The summed E-state index contributed by atoms with van der Waals surface area (Å²) < 4.78 is 5.15. The highest BCUT2D eigenvalue weighted by Gasteiger charge is 2.22. The van der Waals surface area contributed by atoms with Gasteiger partial charge in [0.05, 0.1) is 19.3 Å². The molecular formula is C22H23N5O3S. The lowest BCUT2D eigenvalue weighted by molar-refractivity contribution is -0.125. The highest BCUT2D eigenvalue weighted by molar-refractivity contribution is 7.99. The zero-order valence-corrected chi connectivity index (χ0v) is 17.9. The summed E-state index contributed by atoms with van der Waals surface area (Å²) in [4.78, 5) is 32.2. The van der Waals surface area contributed by atoms with Crippen LogP contribution in [0.15, 0.2) is 53.4 Å². The van der Waals surface area contributed by atoms with Crippen LogP contribution in [0.3, 0.4) is 0 Å². The first-order valence-corrected chi connectivity index (χ1v) is 11.0. The van der Waals surface area contributed by atoms with E-state index in [1.54, 1.807) is 23.8 Å². The van der Waals surface area contributed by atoms with Crippen LogP contribution in [0.2, 0.25) is 0 Å². The van der Waals surface area contributed by atoms with E-state index >= 15 is 0 Å². The van der Waals surface area contributed by atoms with E-state index < -0.39 is 0 Å². The first-order chi connectivity index (χ1) is 15.1. The number of thioether (sulfide) groups is 1. The largest absolute Gasteiger partial charge is 0.497 e. The molecule has 2 aromatic carbocycles. The molecule has 1 aliphatic rings. The fourth-order valence-corrected chi connectivity index (χ4v) is 4.29. The predicted octanol–water partition coefficient (Wildman–Crippen LogP) is 3.02. The van der Waals surface area contributed by atoms with E-state index in [1.807, 2.05) is 48.5 Å². The average Bonchev–Trinajstić information content (AvgIpc) is 3.30. The third kappa shape index (κ3) is 5.05. The number of ether oxygens (including phenoxy) is 1. The summed E-state index contributed by atoms with van der Waals surface area (Å²) in [6.07, 6.45) is 0.294. The molecule has 0 saturated heterocycles. The van der Waals surface area contributed by atoms with Gasteiger partial charge in [0, 0.05) is 35.6 Å². The molecule has 0 aliphatic carbocycles. The fourth-order valence-electron chi connectivity index (χ4n) is 3.30. The van der Waals surface area contributed by atoms with Crippen molar-refractivity contribution in [1.29, 1.82) is 0 Å². The van der Waals surface area contributed by atoms with Crippen LogP contribution >= 0.6 is 11.8 Å². The Bertz CT molecular complexity index is 1070. The minimum absolute atomic E-state index is 0.0376. The molecule has 0 fully saturated rings. The van der Waals surface area contributed by atoms with Crippen LogP contribution in [0.1, 0.15) is 18.7 Å². The molecule has 2 heterocycles. The molecule has 1 aliphatic heterocycles. The molecule has 160 valence electrons. The number of nitrogens with one attached hydrogen (secondary N) is 2. The van der Waals surface area contributed by atoms with Gasteiger partial charge in [-0.15, -0.1) is 11.8 Å². The maximum absolute atomic E-state index is 12.6. The monoisotopic (exact) mass is 437 g/mol. The topological polar surface area (TPSA) is 100 Å². The maximum atomic E-state index is 12.6. The Morgan fingerprint density at radius 2 is 1.97 bits per heavy atom. The number of H-pyrrole nitrogens is 1. The standard InChI is InChI=1S/C22H23N5O3S/c1-30-16-8-6-15(7-9-16)22-24-19(25-26-22)14-23-20(28)10-11-21(29)27-12-13-31-18-5-3-2-4-17(18)27/h2-9H,10-14H2,1H3,(H,23,28)(H,24,25,26). The number of carbonyl (C=O) groups excluding carboxylic acids is 2. The van der Waals surface area contributed by atoms with Crippen molar-refractivity contribution < 1.29 is 14.3 Å². The number of aromatic amines is 1. The van der Waals surface area contributed by atoms with Crippen LogP contribution in [-0.4, -0.2) is 46.4 Å². The Hall–Kier alpha value is -3.33. The molecule has 2 amide bonds. The highest BCUT2D eigenvalue weighted by Crippen LogP contribution is 2.34. The van der Waals surface area contributed by atoms with Gasteiger partial charge in [0.25, 0.3) is 0 Å². The molecule has 0 bridgehead atoms. The number of hydrogen-bond donors (Lipinski definition) is 2. The SMILES string of the molecule is COc1ccc(-c2n[nH]c(CNC(=O)CCC(=O)N3CCSc4ccccc43)n2)cc1. The van der Waals surface area contributed by atoms with E-state index in [0.717, 1.165) is 27.6 Å². The van der Waals surface area contributed by atoms with Gasteiger partial charge in [-0.3, -0.25) is 14.7 Å². The number of hydrogen-bond acceptors (Lipinski definition) is 6. The molecule has 0 spiro atoms. The van der Waals surface area contributed by atoms with Crippen molar-refractivity contribution in [1.82, 2.24) is 20.5 Å². The second-order valence-corrected chi connectivity index (χ2v) is 8.11. The zero-order chi connectivity index (χ0) is 21.6. The molecule has 0 saturated carbocycles. The Labute approximate surface area is 184 Å². The highest BCUT2D eigenvalue weighted by atomic mass is 32.2. The Balaban J connectivity index is 1.26. The molecule has 3 aromatic rings. The summed E-state index contributed by atoms with van der Waals surface area (Å²) in [5.41, 5.74) is 1.78. The molecule has 31 heavy (non-hydrogen) atoms. The van der Waals surface area contributed by atoms with E-state index in [0.29, 0.717) is 18.2 Å². The van der Waals surface area contributed by atoms with Crippen molar-refractivity contribution in [3.8, 4) is 17.1 Å². The van der Waals surface area contributed by atoms with Gasteiger partial charge in [0.1, 0.15) is 11.6 Å². The second-order valence-electron chi connectivity index (χ2n) is 6.97. The van der Waals surface area contributed by atoms with E-state index in [9.17, 15) is 9.59 Å². The van der Waals surface area contributed by atoms with Gasteiger partial charge in [-0.25, -0.2) is 4.98 Å². The number of nitrogens with zero attached hydrogens (tertiary/aromatic N) is 3. The number of anilines is 1. The Morgan fingerprint density at radius 1 is 1.16 bits per heavy atom. The van der Waals surface area contributed by atoms with Crippen LogP contribution in [0.4, 0.5) is 5.69 Å². The second kappa shape index (κ2) is 9.65. The third-order valence-corrected chi connectivity index (χ3v) is 5.97. The van der Waals surface area contributed by atoms with Crippen molar-refractivity contribution in [3.05, 3.63) is 54.4 Å². The number of para-hydroxylation sites is 1. The van der Waals surface area contributed by atoms with E-state index in [4.69, 9.17) is 4.74 Å². The first-order valence-electron chi connectivity index (χ1n) is 9.98. The van der Waals surface area contributed by atoms with Crippen LogP contribution in [0.25, 0.3) is 11.4 Å². The number of rotatable bonds is 7. The number of fused-ring (bicyclic) bond motifs is 1. The van der Waals surface area contributed by atoms with Gasteiger partial charge in [-0.1, -0.05) is 12.1 Å². The molecule has 1 aromatic heterocycles. The normalized spacial score (nSPS) is 12.9. The van der Waals surface area contributed by atoms with Crippen molar-refractivity contribution in [2.45, 2.75) is 24.3 Å². The molecule has 9 heteroatoms. The number of aromatic nitrogens is 3. The van der Waals surface area contributed by atoms with Crippen LogP contribution in [0, 0.1) is 0 Å². The predicted molar refractivity (Wildman–Crippen MR) is 119 cm³/mol. The molecular weight excluding hydrogens is 414 g/mol. The van der Waals surface area contributed by atoms with Crippen molar-refractivity contribution in [2.75, 3.05) is 24.3 Å². The molecule has 8 nitrogen and oxygen atoms in total. The van der Waals surface area contributed by atoms with Gasteiger partial charge in [0.15, 0.2) is 5.82 Å². The summed E-state index contributed by atoms with van der Waals surface area (Å²) in [5, 5.41) is 9.81. The van der Waals surface area contributed by atoms with Crippen LogP contribution in [-0.2, 0) is 16.1 Å². The molecule has 4 rings (SSSR count). The van der Waals surface area contributed by atoms with Gasteiger partial charge in [-0.2, -0.15) is 5.10 Å². The Kier molecular flexibility index (Phi) is 6.51. The number of methoxy groups -OCH3 is 1. The van der Waals surface area contributed by atoms with E-state index in [2.05, 4.69) is 20.5 Å². The minimum Gasteiger partial charge on any atom is -0.497 e. The molecule has 0 unspecified atom stereocenters. The van der Waals surface area contributed by atoms with Gasteiger partial charge in [0.2, 0.25) is 11.8 Å². The Morgan fingerprint density at radius 3 is 2.77 bits per heavy atom. The summed E-state index contributed by atoms with van der Waals surface area (Å²) >= 11 is 1.75. The lowest BCUT2D eigenvalue weighted by atomic mass is 10.2. The van der Waals surface area contributed by atoms with Crippen LogP contribution < -0.4 is 15.0 Å². The van der Waals surface area contributed by atoms with Crippen molar-refractivity contribution >= 4 is 29.3 Å². The first kappa shape index (κ1) is 20.9. The molecule has 0 atom stereocenters. The summed E-state index contributed by atoms with van der Waals surface area (Å²) in [7, 11) is 1.61. The molecule has 0 radical (unpaired) electrons. The minimum atomic E-state index is -0.199. The van der Waals surface area contributed by atoms with E-state index in [-0.39, 0.29) is 31.2 Å².